The van der Waals surface area contributed by atoms with Gasteiger partial charge in [0.15, 0.2) is 0 Å². The molecule has 2 rings (SSSR count). The van der Waals surface area contributed by atoms with E-state index in [-0.39, 0.29) is 11.8 Å². The fraction of sp³-hybridized carbons (Fsp3) is 0.545. The topological polar surface area (TPSA) is 54.3 Å². The lowest BCUT2D eigenvalue weighted by molar-refractivity contribution is -0.126. The lowest BCUT2D eigenvalue weighted by Gasteiger charge is -2.25. The lowest BCUT2D eigenvalue weighted by Crippen LogP contribution is -2.51. The zero-order valence-electron chi connectivity index (χ0n) is 8.88. The highest BCUT2D eigenvalue weighted by Crippen LogP contribution is 2.06. The van der Waals surface area contributed by atoms with Crippen molar-refractivity contribution in [2.45, 2.75) is 13.3 Å². The Hall–Kier alpha value is -1.29. The first-order valence-corrected chi connectivity index (χ1v) is 5.29. The molecule has 4 nitrogen and oxygen atoms in total. The molecule has 82 valence electrons. The second-order valence-electron chi connectivity index (χ2n) is 3.91. The smallest absolute Gasteiger partial charge is 0.225 e. The van der Waals surface area contributed by atoms with Crippen molar-refractivity contribution in [2.24, 2.45) is 5.92 Å². The van der Waals surface area contributed by atoms with Crippen LogP contribution in [0.15, 0.2) is 16.5 Å². The molecule has 1 aromatic heterocycles. The van der Waals surface area contributed by atoms with E-state index in [1.807, 2.05) is 19.1 Å². The van der Waals surface area contributed by atoms with Crippen molar-refractivity contribution >= 4 is 5.91 Å². The Morgan fingerprint density at radius 1 is 1.60 bits per heavy atom. The maximum atomic E-state index is 11.4. The zero-order valence-corrected chi connectivity index (χ0v) is 8.88. The van der Waals surface area contributed by atoms with Crippen LogP contribution in [0.1, 0.15) is 11.5 Å². The molecule has 0 radical (unpaired) electrons. The van der Waals surface area contributed by atoms with E-state index in [4.69, 9.17) is 4.42 Å². The Balaban J connectivity index is 1.68. The monoisotopic (exact) mass is 208 g/mol. The predicted molar refractivity (Wildman–Crippen MR) is 56.5 cm³/mol. The SMILES string of the molecule is Cc1ccc(CCNC(=O)C2CNC2)o1. The molecule has 15 heavy (non-hydrogen) atoms. The highest BCUT2D eigenvalue weighted by molar-refractivity contribution is 5.79. The van der Waals surface area contributed by atoms with Crippen molar-refractivity contribution in [1.82, 2.24) is 10.6 Å². The number of hydrogen-bond donors (Lipinski definition) is 2. The van der Waals surface area contributed by atoms with Crippen LogP contribution in [0.5, 0.6) is 0 Å². The molecule has 1 aromatic rings. The van der Waals surface area contributed by atoms with E-state index in [1.54, 1.807) is 0 Å². The Bertz CT molecular complexity index is 342. The number of rotatable bonds is 4. The minimum absolute atomic E-state index is 0.150. The highest BCUT2D eigenvalue weighted by Gasteiger charge is 2.24. The van der Waals surface area contributed by atoms with Crippen LogP contribution in [-0.2, 0) is 11.2 Å². The molecule has 0 saturated carbocycles. The molecule has 1 amide bonds. The number of aryl methyl sites for hydroxylation is 1. The summed E-state index contributed by atoms with van der Waals surface area (Å²) >= 11 is 0. The Labute approximate surface area is 89.0 Å². The van der Waals surface area contributed by atoms with E-state index in [2.05, 4.69) is 10.6 Å². The summed E-state index contributed by atoms with van der Waals surface area (Å²) in [6, 6.07) is 3.89. The fourth-order valence-corrected chi connectivity index (χ4v) is 1.55. The van der Waals surface area contributed by atoms with Crippen molar-refractivity contribution in [3.63, 3.8) is 0 Å². The fourth-order valence-electron chi connectivity index (χ4n) is 1.55. The molecule has 0 spiro atoms. The quantitative estimate of drug-likeness (QED) is 0.756. The van der Waals surface area contributed by atoms with Crippen LogP contribution in [0.4, 0.5) is 0 Å². The average Bonchev–Trinajstić information content (AvgIpc) is 2.48. The summed E-state index contributed by atoms with van der Waals surface area (Å²) in [5.41, 5.74) is 0. The van der Waals surface area contributed by atoms with Gasteiger partial charge in [0.2, 0.25) is 5.91 Å². The molecular formula is C11H16N2O2. The number of carbonyl (C=O) groups is 1. The summed E-state index contributed by atoms with van der Waals surface area (Å²) in [4.78, 5) is 11.4. The third kappa shape index (κ3) is 2.59. The van der Waals surface area contributed by atoms with Crippen molar-refractivity contribution < 1.29 is 9.21 Å². The molecule has 0 bridgehead atoms. The van der Waals surface area contributed by atoms with Gasteiger partial charge in [-0.3, -0.25) is 4.79 Å². The van der Waals surface area contributed by atoms with Crippen LogP contribution in [0.25, 0.3) is 0 Å². The van der Waals surface area contributed by atoms with Crippen LogP contribution in [0, 0.1) is 12.8 Å². The Morgan fingerprint density at radius 2 is 2.40 bits per heavy atom. The largest absolute Gasteiger partial charge is 0.466 e. The van der Waals surface area contributed by atoms with Crippen molar-refractivity contribution in [1.29, 1.82) is 0 Å². The van der Waals surface area contributed by atoms with Gasteiger partial charge in [0.25, 0.3) is 0 Å². The minimum Gasteiger partial charge on any atom is -0.466 e. The van der Waals surface area contributed by atoms with Gasteiger partial charge in [-0.25, -0.2) is 0 Å². The number of nitrogens with one attached hydrogen (secondary N) is 2. The van der Waals surface area contributed by atoms with Gasteiger partial charge in [-0.1, -0.05) is 0 Å². The van der Waals surface area contributed by atoms with Gasteiger partial charge < -0.3 is 15.1 Å². The lowest BCUT2D eigenvalue weighted by atomic mass is 10.0. The summed E-state index contributed by atoms with van der Waals surface area (Å²) in [6.07, 6.45) is 0.764. The van der Waals surface area contributed by atoms with Crippen LogP contribution in [0.3, 0.4) is 0 Å². The normalized spacial score (nSPS) is 16.1. The second-order valence-corrected chi connectivity index (χ2v) is 3.91. The maximum Gasteiger partial charge on any atom is 0.225 e. The summed E-state index contributed by atoms with van der Waals surface area (Å²) in [7, 11) is 0. The van der Waals surface area contributed by atoms with Crippen LogP contribution >= 0.6 is 0 Å². The maximum absolute atomic E-state index is 11.4. The second kappa shape index (κ2) is 4.49. The van der Waals surface area contributed by atoms with E-state index >= 15 is 0 Å². The first-order chi connectivity index (χ1) is 7.25. The number of furan rings is 1. The molecule has 0 atom stereocenters. The van der Waals surface area contributed by atoms with E-state index in [0.29, 0.717) is 6.54 Å². The molecular weight excluding hydrogens is 192 g/mol. The third-order valence-corrected chi connectivity index (χ3v) is 2.62. The third-order valence-electron chi connectivity index (χ3n) is 2.62. The van der Waals surface area contributed by atoms with Gasteiger partial charge >= 0.3 is 0 Å². The number of carbonyl (C=O) groups excluding carboxylic acids is 1. The molecule has 4 heteroatoms. The predicted octanol–water partition coefficient (Wildman–Crippen LogP) is 0.466. The van der Waals surface area contributed by atoms with Crippen LogP contribution in [0.2, 0.25) is 0 Å². The molecule has 2 N–H and O–H groups in total. The van der Waals surface area contributed by atoms with Crippen molar-refractivity contribution in [3.8, 4) is 0 Å². The van der Waals surface area contributed by atoms with Crippen LogP contribution < -0.4 is 10.6 Å². The van der Waals surface area contributed by atoms with Crippen molar-refractivity contribution in [3.05, 3.63) is 23.7 Å². The van der Waals surface area contributed by atoms with E-state index in [0.717, 1.165) is 31.0 Å². The van der Waals surface area contributed by atoms with E-state index in [1.165, 1.54) is 0 Å². The molecule has 1 aliphatic heterocycles. The number of amides is 1. The molecule has 0 unspecified atom stereocenters. The standard InChI is InChI=1S/C11H16N2O2/c1-8-2-3-10(15-8)4-5-13-11(14)9-6-12-7-9/h2-3,9,12H,4-7H2,1H3,(H,13,14). The van der Waals surface area contributed by atoms with Gasteiger partial charge in [0, 0.05) is 26.1 Å². The summed E-state index contributed by atoms with van der Waals surface area (Å²) in [5.74, 6) is 2.17. The number of hydrogen-bond acceptors (Lipinski definition) is 3. The molecule has 1 fully saturated rings. The summed E-state index contributed by atoms with van der Waals surface area (Å²) in [5, 5.41) is 5.98. The average molecular weight is 208 g/mol. The zero-order chi connectivity index (χ0) is 10.7. The van der Waals surface area contributed by atoms with E-state index < -0.39 is 0 Å². The molecule has 0 aromatic carbocycles. The van der Waals surface area contributed by atoms with Gasteiger partial charge in [0.1, 0.15) is 11.5 Å². The highest BCUT2D eigenvalue weighted by atomic mass is 16.3. The summed E-state index contributed by atoms with van der Waals surface area (Å²) < 4.78 is 5.40. The summed E-state index contributed by atoms with van der Waals surface area (Å²) in [6.45, 7) is 4.20. The first kappa shape index (κ1) is 10.2. The van der Waals surface area contributed by atoms with Crippen LogP contribution in [-0.4, -0.2) is 25.5 Å². The van der Waals surface area contributed by atoms with Gasteiger partial charge in [-0.15, -0.1) is 0 Å². The Kier molecular flexibility index (Phi) is 3.06. The van der Waals surface area contributed by atoms with Gasteiger partial charge in [-0.05, 0) is 19.1 Å². The first-order valence-electron chi connectivity index (χ1n) is 5.29. The minimum atomic E-state index is 0.150. The Morgan fingerprint density at radius 3 is 2.93 bits per heavy atom. The van der Waals surface area contributed by atoms with Gasteiger partial charge in [0.05, 0.1) is 5.92 Å². The van der Waals surface area contributed by atoms with E-state index in [9.17, 15) is 4.79 Å². The molecule has 2 heterocycles. The molecule has 1 aliphatic rings. The molecule has 1 saturated heterocycles. The van der Waals surface area contributed by atoms with Gasteiger partial charge in [-0.2, -0.15) is 0 Å². The van der Waals surface area contributed by atoms with Crippen molar-refractivity contribution in [2.75, 3.05) is 19.6 Å². The molecule has 0 aliphatic carbocycles.